The second-order valence-electron chi connectivity index (χ2n) is 4.79. The van der Waals surface area contributed by atoms with Crippen LogP contribution in [0, 0.1) is 0 Å². The summed E-state index contributed by atoms with van der Waals surface area (Å²) in [5, 5.41) is 7.09. The van der Waals surface area contributed by atoms with Crippen LogP contribution in [0.4, 0.5) is 0 Å². The Balaban J connectivity index is 2.12. The topological polar surface area (TPSA) is 48.6 Å². The van der Waals surface area contributed by atoms with Gasteiger partial charge in [0.1, 0.15) is 0 Å². The summed E-state index contributed by atoms with van der Waals surface area (Å²) in [5.74, 6) is 0. The maximum absolute atomic E-state index is 12.1. The number of nitrogens with one attached hydrogen (secondary N) is 2. The molecule has 0 aliphatic carbocycles. The van der Waals surface area contributed by atoms with Crippen molar-refractivity contribution in [2.75, 3.05) is 0 Å². The van der Waals surface area contributed by atoms with Crippen LogP contribution in [0.3, 0.4) is 0 Å². The molecule has 1 heterocycles. The highest BCUT2D eigenvalue weighted by Gasteiger charge is 2.17. The zero-order valence-corrected chi connectivity index (χ0v) is 13.6. The molecular weight excluding hydrogens is 343 g/mol. The van der Waals surface area contributed by atoms with Gasteiger partial charge in [-0.3, -0.25) is 15.0 Å². The molecule has 0 bridgehead atoms. The minimum Gasteiger partial charge on any atom is -0.297 e. The van der Waals surface area contributed by atoms with Gasteiger partial charge in [-0.15, -0.1) is 0 Å². The van der Waals surface area contributed by atoms with Crippen LogP contribution < -0.4 is 5.56 Å². The van der Waals surface area contributed by atoms with Gasteiger partial charge in [0.05, 0.1) is 5.69 Å². The van der Waals surface area contributed by atoms with E-state index in [1.54, 1.807) is 24.3 Å². The summed E-state index contributed by atoms with van der Waals surface area (Å²) in [6, 6.07) is 12.6. The van der Waals surface area contributed by atoms with Crippen LogP contribution in [-0.4, -0.2) is 10.2 Å². The van der Waals surface area contributed by atoms with Crippen molar-refractivity contribution < 1.29 is 0 Å². The third-order valence-corrected chi connectivity index (χ3v) is 4.47. The molecule has 22 heavy (non-hydrogen) atoms. The van der Waals surface area contributed by atoms with Gasteiger partial charge in [-0.2, -0.15) is 0 Å². The van der Waals surface area contributed by atoms with Crippen molar-refractivity contribution in [3.05, 3.63) is 79.0 Å². The van der Waals surface area contributed by atoms with Crippen LogP contribution >= 0.6 is 34.8 Å². The van der Waals surface area contributed by atoms with E-state index >= 15 is 0 Å². The first kappa shape index (κ1) is 15.2. The summed E-state index contributed by atoms with van der Waals surface area (Å²) in [5.41, 5.74) is 2.44. The molecule has 0 aliphatic rings. The molecule has 2 aromatic carbocycles. The van der Waals surface area contributed by atoms with Gasteiger partial charge in [0, 0.05) is 32.6 Å². The molecule has 0 radical (unpaired) electrons. The highest BCUT2D eigenvalue weighted by molar-refractivity contribution is 6.36. The molecule has 1 aromatic heterocycles. The lowest BCUT2D eigenvalue weighted by Crippen LogP contribution is -2.07. The number of hydrogen-bond donors (Lipinski definition) is 2. The monoisotopic (exact) mass is 352 g/mol. The normalized spacial score (nSPS) is 10.9. The third kappa shape index (κ3) is 2.80. The Hall–Kier alpha value is -1.68. The van der Waals surface area contributed by atoms with Crippen LogP contribution in [0.5, 0.6) is 0 Å². The van der Waals surface area contributed by atoms with Gasteiger partial charge in [0.25, 0.3) is 5.56 Å². The van der Waals surface area contributed by atoms with Gasteiger partial charge < -0.3 is 0 Å². The van der Waals surface area contributed by atoms with Crippen LogP contribution in [-0.2, 0) is 6.42 Å². The second kappa shape index (κ2) is 6.21. The molecule has 3 aromatic rings. The maximum Gasteiger partial charge on any atom is 0.268 e. The Morgan fingerprint density at radius 1 is 0.773 bits per heavy atom. The van der Waals surface area contributed by atoms with Crippen LogP contribution in [0.25, 0.3) is 11.3 Å². The molecule has 0 atom stereocenters. The van der Waals surface area contributed by atoms with Gasteiger partial charge in [0.15, 0.2) is 0 Å². The summed E-state index contributed by atoms with van der Waals surface area (Å²) in [6.45, 7) is 0. The lowest BCUT2D eigenvalue weighted by molar-refractivity contribution is 1.06. The van der Waals surface area contributed by atoms with Crippen molar-refractivity contribution >= 4 is 34.8 Å². The number of hydrogen-bond acceptors (Lipinski definition) is 1. The van der Waals surface area contributed by atoms with E-state index in [4.69, 9.17) is 34.8 Å². The third-order valence-electron chi connectivity index (χ3n) is 3.44. The molecule has 0 saturated heterocycles. The predicted molar refractivity (Wildman–Crippen MR) is 91.1 cm³/mol. The standard InChI is InChI=1S/C16H11Cl3N2O/c17-12-5-2-1-4-9(12)15-11(16(22)21-20-15)8-10-13(18)6-3-7-14(10)19/h1-7H,8H2,(H2,20,21,22). The first-order valence-electron chi connectivity index (χ1n) is 6.55. The van der Waals surface area contributed by atoms with E-state index in [9.17, 15) is 4.79 Å². The molecule has 0 amide bonds. The second-order valence-corrected chi connectivity index (χ2v) is 6.01. The largest absolute Gasteiger partial charge is 0.297 e. The van der Waals surface area contributed by atoms with Crippen LogP contribution in [0.1, 0.15) is 11.1 Å². The molecule has 0 spiro atoms. The molecule has 2 N–H and O–H groups in total. The van der Waals surface area contributed by atoms with E-state index in [1.165, 1.54) is 0 Å². The first-order valence-corrected chi connectivity index (χ1v) is 7.68. The van der Waals surface area contributed by atoms with Gasteiger partial charge in [-0.1, -0.05) is 59.1 Å². The van der Waals surface area contributed by atoms with E-state index in [2.05, 4.69) is 10.2 Å². The highest BCUT2D eigenvalue weighted by atomic mass is 35.5. The fourth-order valence-corrected chi connectivity index (χ4v) is 3.09. The minimum atomic E-state index is -0.217. The Labute approximate surface area is 141 Å². The Morgan fingerprint density at radius 2 is 1.41 bits per heavy atom. The average molecular weight is 354 g/mol. The molecule has 6 heteroatoms. The fraction of sp³-hybridized carbons (Fsp3) is 0.0625. The molecule has 3 rings (SSSR count). The van der Waals surface area contributed by atoms with Crippen molar-refractivity contribution in [3.63, 3.8) is 0 Å². The number of halogens is 3. The Kier molecular flexibility index (Phi) is 4.30. The number of benzene rings is 2. The first-order chi connectivity index (χ1) is 10.6. The highest BCUT2D eigenvalue weighted by Crippen LogP contribution is 2.31. The van der Waals surface area contributed by atoms with E-state index in [0.717, 1.165) is 5.56 Å². The van der Waals surface area contributed by atoms with Crippen molar-refractivity contribution in [2.45, 2.75) is 6.42 Å². The zero-order chi connectivity index (χ0) is 15.7. The molecular formula is C16H11Cl3N2O. The number of aromatic nitrogens is 2. The van der Waals surface area contributed by atoms with E-state index < -0.39 is 0 Å². The lowest BCUT2D eigenvalue weighted by Gasteiger charge is -2.08. The zero-order valence-electron chi connectivity index (χ0n) is 11.3. The van der Waals surface area contributed by atoms with Crippen molar-refractivity contribution in [3.8, 4) is 11.3 Å². The van der Waals surface area contributed by atoms with Crippen LogP contribution in [0.2, 0.25) is 15.1 Å². The SMILES string of the molecule is O=c1[nH][nH]c(-c2ccccc2Cl)c1Cc1c(Cl)cccc1Cl. The van der Waals surface area contributed by atoms with Gasteiger partial charge in [0.2, 0.25) is 0 Å². The van der Waals surface area contributed by atoms with Gasteiger partial charge in [-0.25, -0.2) is 0 Å². The molecule has 0 aliphatic heterocycles. The summed E-state index contributed by atoms with van der Waals surface area (Å²) in [4.78, 5) is 12.1. The quantitative estimate of drug-likeness (QED) is 0.690. The Morgan fingerprint density at radius 3 is 2.09 bits per heavy atom. The minimum absolute atomic E-state index is 0.217. The van der Waals surface area contributed by atoms with Gasteiger partial charge >= 0.3 is 0 Å². The summed E-state index contributed by atoms with van der Waals surface area (Å²) in [7, 11) is 0. The summed E-state index contributed by atoms with van der Waals surface area (Å²) >= 11 is 18.6. The molecule has 0 fully saturated rings. The fourth-order valence-electron chi connectivity index (χ4n) is 2.32. The van der Waals surface area contributed by atoms with Crippen molar-refractivity contribution in [2.24, 2.45) is 0 Å². The summed E-state index contributed by atoms with van der Waals surface area (Å²) in [6.07, 6.45) is 0.317. The molecule has 0 saturated carbocycles. The number of aromatic amines is 2. The maximum atomic E-state index is 12.1. The smallest absolute Gasteiger partial charge is 0.268 e. The molecule has 112 valence electrons. The van der Waals surface area contributed by atoms with Crippen molar-refractivity contribution in [1.29, 1.82) is 0 Å². The van der Waals surface area contributed by atoms with E-state index in [1.807, 2.05) is 18.2 Å². The van der Waals surface area contributed by atoms with E-state index in [-0.39, 0.29) is 5.56 Å². The number of H-pyrrole nitrogens is 2. The lowest BCUT2D eigenvalue weighted by atomic mass is 10.0. The Bertz CT molecular complexity index is 863. The average Bonchev–Trinajstić information content (AvgIpc) is 2.85. The van der Waals surface area contributed by atoms with Gasteiger partial charge in [-0.05, 0) is 23.8 Å². The van der Waals surface area contributed by atoms with Crippen molar-refractivity contribution in [1.82, 2.24) is 10.2 Å². The van der Waals surface area contributed by atoms with Crippen LogP contribution in [0.15, 0.2) is 47.3 Å². The van der Waals surface area contributed by atoms with E-state index in [0.29, 0.717) is 38.3 Å². The molecule has 3 nitrogen and oxygen atoms in total. The summed E-state index contributed by atoms with van der Waals surface area (Å²) < 4.78 is 0. The molecule has 0 unspecified atom stereocenters. The number of rotatable bonds is 3. The predicted octanol–water partition coefficient (Wildman–Crippen LogP) is 4.92.